The van der Waals surface area contributed by atoms with Gasteiger partial charge in [0.25, 0.3) is 0 Å². The molecular weight excluding hydrogens is 208 g/mol. The van der Waals surface area contributed by atoms with Crippen LogP contribution in [0.4, 0.5) is 4.79 Å². The van der Waals surface area contributed by atoms with Gasteiger partial charge in [-0.1, -0.05) is 0 Å². The topological polar surface area (TPSA) is 50.8 Å². The predicted octanol–water partition coefficient (Wildman–Crippen LogP) is 0.842. The lowest BCUT2D eigenvalue weighted by atomic mass is 10.0. The summed E-state index contributed by atoms with van der Waals surface area (Å²) >= 11 is 0. The maximum absolute atomic E-state index is 10.9. The van der Waals surface area contributed by atoms with Crippen LogP contribution in [0.15, 0.2) is 0 Å². The van der Waals surface area contributed by atoms with Crippen LogP contribution in [0, 0.1) is 0 Å². The zero-order chi connectivity index (χ0) is 12.2. The number of nitrogens with zero attached hydrogens (tertiary/aromatic N) is 1. The molecule has 0 aromatic heterocycles. The Hall–Kier alpha value is -0.810. The van der Waals surface area contributed by atoms with E-state index in [0.29, 0.717) is 13.2 Å². The van der Waals surface area contributed by atoms with Crippen LogP contribution in [0.2, 0.25) is 0 Å². The van der Waals surface area contributed by atoms with Crippen LogP contribution in [0.25, 0.3) is 0 Å². The molecule has 1 fully saturated rings. The van der Waals surface area contributed by atoms with Gasteiger partial charge in [0.05, 0.1) is 19.8 Å². The quantitative estimate of drug-likeness (QED) is 0.764. The molecule has 5 heteroatoms. The van der Waals surface area contributed by atoms with Crippen LogP contribution in [0.5, 0.6) is 0 Å². The first kappa shape index (κ1) is 13.3. The van der Waals surface area contributed by atoms with E-state index in [1.165, 1.54) is 7.11 Å². The maximum atomic E-state index is 10.9. The number of morpholine rings is 1. The van der Waals surface area contributed by atoms with E-state index in [2.05, 4.69) is 35.7 Å². The largest absolute Gasteiger partial charge is 0.453 e. The molecule has 1 saturated heterocycles. The van der Waals surface area contributed by atoms with Crippen molar-refractivity contribution in [3.63, 3.8) is 0 Å². The summed E-state index contributed by atoms with van der Waals surface area (Å²) in [6, 6.07) is 0. The standard InChI is InChI=1S/C11H22N2O3/c1-11(2,3)13-5-6-16-9(8-13)7-12-10(14)15-4/h9H,5-8H2,1-4H3,(H,12,14)/t9-/m1/s1. The van der Waals surface area contributed by atoms with E-state index in [0.717, 1.165) is 13.1 Å². The smallest absolute Gasteiger partial charge is 0.406 e. The molecule has 1 heterocycles. The number of rotatable bonds is 2. The third-order valence-electron chi connectivity index (χ3n) is 2.75. The van der Waals surface area contributed by atoms with E-state index < -0.39 is 6.09 Å². The van der Waals surface area contributed by atoms with Gasteiger partial charge in [-0.25, -0.2) is 4.79 Å². The van der Waals surface area contributed by atoms with Crippen molar-refractivity contribution in [3.05, 3.63) is 0 Å². The average Bonchev–Trinajstić information content (AvgIpc) is 2.25. The molecule has 0 saturated carbocycles. The van der Waals surface area contributed by atoms with E-state index in [1.54, 1.807) is 0 Å². The first-order chi connectivity index (χ1) is 7.43. The van der Waals surface area contributed by atoms with Gasteiger partial charge in [-0.3, -0.25) is 4.90 Å². The molecule has 0 aliphatic carbocycles. The zero-order valence-electron chi connectivity index (χ0n) is 10.6. The number of methoxy groups -OCH3 is 1. The predicted molar refractivity (Wildman–Crippen MR) is 61.5 cm³/mol. The van der Waals surface area contributed by atoms with Gasteiger partial charge in [-0.2, -0.15) is 0 Å². The van der Waals surface area contributed by atoms with Gasteiger partial charge in [0, 0.05) is 25.2 Å². The third kappa shape index (κ3) is 3.98. The second-order valence-corrected chi connectivity index (χ2v) is 4.98. The summed E-state index contributed by atoms with van der Waals surface area (Å²) in [5.74, 6) is 0. The maximum Gasteiger partial charge on any atom is 0.406 e. The lowest BCUT2D eigenvalue weighted by Gasteiger charge is -2.41. The van der Waals surface area contributed by atoms with E-state index in [1.807, 2.05) is 0 Å². The summed E-state index contributed by atoms with van der Waals surface area (Å²) in [4.78, 5) is 13.3. The van der Waals surface area contributed by atoms with Crippen molar-refractivity contribution in [3.8, 4) is 0 Å². The molecule has 5 nitrogen and oxygen atoms in total. The van der Waals surface area contributed by atoms with Crippen molar-refractivity contribution in [1.82, 2.24) is 10.2 Å². The molecule has 1 rings (SSSR count). The van der Waals surface area contributed by atoms with Crippen molar-refractivity contribution in [2.24, 2.45) is 0 Å². The van der Waals surface area contributed by atoms with Crippen molar-refractivity contribution in [2.45, 2.75) is 32.4 Å². The fraction of sp³-hybridized carbons (Fsp3) is 0.909. The molecule has 0 spiro atoms. The number of alkyl carbamates (subject to hydrolysis) is 1. The Morgan fingerprint density at radius 1 is 1.56 bits per heavy atom. The number of amides is 1. The molecule has 1 aliphatic heterocycles. The van der Waals surface area contributed by atoms with Crippen molar-refractivity contribution < 1.29 is 14.3 Å². The molecule has 1 atom stereocenters. The fourth-order valence-corrected chi connectivity index (χ4v) is 1.72. The SMILES string of the molecule is COC(=O)NC[C@@H]1CN(C(C)(C)C)CCO1. The lowest BCUT2D eigenvalue weighted by Crippen LogP contribution is -2.53. The molecule has 0 radical (unpaired) electrons. The number of hydrogen-bond acceptors (Lipinski definition) is 4. The third-order valence-corrected chi connectivity index (χ3v) is 2.75. The molecule has 0 aromatic carbocycles. The Kier molecular flexibility index (Phi) is 4.56. The van der Waals surface area contributed by atoms with Crippen LogP contribution >= 0.6 is 0 Å². The Labute approximate surface area is 97.1 Å². The number of nitrogens with one attached hydrogen (secondary N) is 1. The first-order valence-electron chi connectivity index (χ1n) is 5.62. The molecule has 0 aromatic rings. The Balaban J connectivity index is 2.36. The van der Waals surface area contributed by atoms with Gasteiger partial charge in [0.2, 0.25) is 0 Å². The summed E-state index contributed by atoms with van der Waals surface area (Å²) in [7, 11) is 1.36. The molecule has 0 unspecified atom stereocenters. The van der Waals surface area contributed by atoms with Gasteiger partial charge in [0.15, 0.2) is 0 Å². The molecular formula is C11H22N2O3. The second kappa shape index (κ2) is 5.50. The number of ether oxygens (including phenoxy) is 2. The monoisotopic (exact) mass is 230 g/mol. The number of carbonyl (C=O) groups excluding carboxylic acids is 1. The Morgan fingerprint density at radius 2 is 2.25 bits per heavy atom. The van der Waals surface area contributed by atoms with Gasteiger partial charge in [-0.05, 0) is 20.8 Å². The summed E-state index contributed by atoms with van der Waals surface area (Å²) in [6.07, 6.45) is -0.358. The Morgan fingerprint density at radius 3 is 2.81 bits per heavy atom. The normalized spacial score (nSPS) is 22.9. The van der Waals surface area contributed by atoms with Gasteiger partial charge >= 0.3 is 6.09 Å². The second-order valence-electron chi connectivity index (χ2n) is 4.98. The van der Waals surface area contributed by atoms with Gasteiger partial charge in [-0.15, -0.1) is 0 Å². The van der Waals surface area contributed by atoms with Gasteiger partial charge in [0.1, 0.15) is 0 Å². The van der Waals surface area contributed by atoms with Gasteiger partial charge < -0.3 is 14.8 Å². The molecule has 1 amide bonds. The highest BCUT2D eigenvalue weighted by atomic mass is 16.5. The zero-order valence-corrected chi connectivity index (χ0v) is 10.6. The molecule has 94 valence electrons. The summed E-state index contributed by atoms with van der Waals surface area (Å²) in [5, 5.41) is 2.66. The van der Waals surface area contributed by atoms with E-state index in [4.69, 9.17) is 4.74 Å². The summed E-state index contributed by atoms with van der Waals surface area (Å²) in [6.45, 7) is 9.55. The Bertz CT molecular complexity index is 238. The minimum atomic E-state index is -0.406. The summed E-state index contributed by atoms with van der Waals surface area (Å²) < 4.78 is 10.1. The minimum Gasteiger partial charge on any atom is -0.453 e. The van der Waals surface area contributed by atoms with Crippen LogP contribution in [0.3, 0.4) is 0 Å². The first-order valence-corrected chi connectivity index (χ1v) is 5.62. The highest BCUT2D eigenvalue weighted by Crippen LogP contribution is 2.17. The number of hydrogen-bond donors (Lipinski definition) is 1. The van der Waals surface area contributed by atoms with Crippen LogP contribution in [0.1, 0.15) is 20.8 Å². The van der Waals surface area contributed by atoms with Crippen LogP contribution in [-0.2, 0) is 9.47 Å². The van der Waals surface area contributed by atoms with Crippen molar-refractivity contribution in [2.75, 3.05) is 33.4 Å². The van der Waals surface area contributed by atoms with E-state index >= 15 is 0 Å². The molecule has 1 N–H and O–H groups in total. The average molecular weight is 230 g/mol. The van der Waals surface area contributed by atoms with Crippen molar-refractivity contribution in [1.29, 1.82) is 0 Å². The van der Waals surface area contributed by atoms with E-state index in [-0.39, 0.29) is 11.6 Å². The van der Waals surface area contributed by atoms with E-state index in [9.17, 15) is 4.79 Å². The number of carbonyl (C=O) groups is 1. The highest BCUT2D eigenvalue weighted by Gasteiger charge is 2.28. The van der Waals surface area contributed by atoms with Crippen LogP contribution < -0.4 is 5.32 Å². The lowest BCUT2D eigenvalue weighted by molar-refractivity contribution is -0.0560. The highest BCUT2D eigenvalue weighted by molar-refractivity contribution is 5.66. The minimum absolute atomic E-state index is 0.0482. The summed E-state index contributed by atoms with van der Waals surface area (Å²) in [5.41, 5.74) is 0.146. The molecule has 1 aliphatic rings. The molecule has 0 bridgehead atoms. The van der Waals surface area contributed by atoms with Crippen LogP contribution in [-0.4, -0.2) is 56.0 Å². The molecule has 16 heavy (non-hydrogen) atoms. The fourth-order valence-electron chi connectivity index (χ4n) is 1.72. The van der Waals surface area contributed by atoms with Crippen molar-refractivity contribution >= 4 is 6.09 Å².